The third-order valence-electron chi connectivity index (χ3n) is 4.20. The van der Waals surface area contributed by atoms with Gasteiger partial charge in [-0.25, -0.2) is 9.78 Å². The summed E-state index contributed by atoms with van der Waals surface area (Å²) < 4.78 is 7.43. The Bertz CT molecular complexity index is 912. The van der Waals surface area contributed by atoms with Gasteiger partial charge in [-0.1, -0.05) is 67.2 Å². The minimum atomic E-state index is -0.403. The smallest absolute Gasteiger partial charge is 0.333 e. The summed E-state index contributed by atoms with van der Waals surface area (Å²) in [5.41, 5.74) is 4.32. The van der Waals surface area contributed by atoms with Gasteiger partial charge in [-0.3, -0.25) is 0 Å². The molecule has 4 heteroatoms. The van der Waals surface area contributed by atoms with E-state index in [0.29, 0.717) is 12.0 Å². The number of hydrogen-bond donors (Lipinski definition) is 0. The first-order valence-corrected chi connectivity index (χ1v) is 8.52. The van der Waals surface area contributed by atoms with Crippen molar-refractivity contribution in [1.29, 1.82) is 0 Å². The highest BCUT2D eigenvalue weighted by molar-refractivity contribution is 5.87. The van der Waals surface area contributed by atoms with Crippen LogP contribution in [0.1, 0.15) is 24.0 Å². The number of imidazole rings is 1. The number of benzene rings is 2. The standard InChI is InChI=1S/C22H22N2O2/c1-16(2)22(25)26-15-19-21(18-12-8-5-9-13-18)24(3)20(23-19)14-17-10-6-4-7-11-17/h4-13H,1,14-15H2,2-3H3. The first-order chi connectivity index (χ1) is 12.6. The largest absolute Gasteiger partial charge is 0.456 e. The Kier molecular flexibility index (Phi) is 5.32. The van der Waals surface area contributed by atoms with Crippen LogP contribution < -0.4 is 0 Å². The molecule has 0 saturated carbocycles. The van der Waals surface area contributed by atoms with Crippen molar-refractivity contribution in [2.75, 3.05) is 0 Å². The molecule has 0 unspecified atom stereocenters. The second kappa shape index (κ2) is 7.83. The molecule has 3 rings (SSSR count). The lowest BCUT2D eigenvalue weighted by molar-refractivity contribution is -0.140. The van der Waals surface area contributed by atoms with E-state index in [1.165, 1.54) is 5.56 Å². The third kappa shape index (κ3) is 3.91. The summed E-state index contributed by atoms with van der Waals surface area (Å²) in [4.78, 5) is 16.6. The molecule has 0 spiro atoms. The molecule has 4 nitrogen and oxygen atoms in total. The number of carbonyl (C=O) groups excluding carboxylic acids is 1. The van der Waals surface area contributed by atoms with E-state index in [0.717, 1.165) is 22.8 Å². The Morgan fingerprint density at radius 2 is 1.69 bits per heavy atom. The van der Waals surface area contributed by atoms with Crippen molar-refractivity contribution >= 4 is 5.97 Å². The Morgan fingerprint density at radius 3 is 2.31 bits per heavy atom. The van der Waals surface area contributed by atoms with Gasteiger partial charge in [0.05, 0.1) is 5.69 Å². The highest BCUT2D eigenvalue weighted by Crippen LogP contribution is 2.26. The number of hydrogen-bond acceptors (Lipinski definition) is 3. The van der Waals surface area contributed by atoms with Crippen LogP contribution in [-0.2, 0) is 29.6 Å². The summed E-state index contributed by atoms with van der Waals surface area (Å²) in [6.45, 7) is 5.39. The average molecular weight is 346 g/mol. The summed E-state index contributed by atoms with van der Waals surface area (Å²) in [6, 6.07) is 20.2. The SMILES string of the molecule is C=C(C)C(=O)OCc1nc(Cc2ccccc2)n(C)c1-c1ccccc1. The highest BCUT2D eigenvalue weighted by Gasteiger charge is 2.18. The number of rotatable bonds is 6. The predicted molar refractivity (Wildman–Crippen MR) is 103 cm³/mol. The van der Waals surface area contributed by atoms with Crippen molar-refractivity contribution in [3.63, 3.8) is 0 Å². The molecule has 0 aliphatic carbocycles. The lowest BCUT2D eigenvalue weighted by Crippen LogP contribution is -2.06. The fourth-order valence-corrected chi connectivity index (χ4v) is 2.86. The van der Waals surface area contributed by atoms with E-state index in [-0.39, 0.29) is 6.61 Å². The molecule has 1 heterocycles. The van der Waals surface area contributed by atoms with Crippen LogP contribution in [0.5, 0.6) is 0 Å². The van der Waals surface area contributed by atoms with Gasteiger partial charge in [0.1, 0.15) is 18.1 Å². The zero-order chi connectivity index (χ0) is 18.5. The van der Waals surface area contributed by atoms with Gasteiger partial charge in [0, 0.05) is 24.6 Å². The van der Waals surface area contributed by atoms with E-state index in [1.807, 2.05) is 55.6 Å². The van der Waals surface area contributed by atoms with Gasteiger partial charge in [-0.15, -0.1) is 0 Å². The Balaban J connectivity index is 1.97. The zero-order valence-corrected chi connectivity index (χ0v) is 15.1. The zero-order valence-electron chi connectivity index (χ0n) is 15.1. The molecule has 0 atom stereocenters. The summed E-state index contributed by atoms with van der Waals surface area (Å²) in [5.74, 6) is 0.524. The van der Waals surface area contributed by atoms with Gasteiger partial charge in [-0.05, 0) is 12.5 Å². The summed E-state index contributed by atoms with van der Waals surface area (Å²) in [6.07, 6.45) is 0.714. The molecule has 0 saturated heterocycles. The molecule has 1 aromatic heterocycles. The molecule has 2 aromatic carbocycles. The fraction of sp³-hybridized carbons (Fsp3) is 0.182. The van der Waals surface area contributed by atoms with E-state index >= 15 is 0 Å². The molecule has 26 heavy (non-hydrogen) atoms. The molecule has 0 aliphatic rings. The number of esters is 1. The van der Waals surface area contributed by atoms with Gasteiger partial charge in [0.2, 0.25) is 0 Å². The third-order valence-corrected chi connectivity index (χ3v) is 4.20. The van der Waals surface area contributed by atoms with E-state index < -0.39 is 5.97 Å². The van der Waals surface area contributed by atoms with Crippen LogP contribution in [0, 0.1) is 0 Å². The molecule has 132 valence electrons. The summed E-state index contributed by atoms with van der Waals surface area (Å²) in [5, 5.41) is 0. The minimum absolute atomic E-state index is 0.124. The molecule has 0 bridgehead atoms. The number of aromatic nitrogens is 2. The highest BCUT2D eigenvalue weighted by atomic mass is 16.5. The van der Waals surface area contributed by atoms with E-state index in [2.05, 4.69) is 23.3 Å². The molecule has 0 radical (unpaired) electrons. The van der Waals surface area contributed by atoms with Crippen LogP contribution in [0.25, 0.3) is 11.3 Å². The van der Waals surface area contributed by atoms with Crippen LogP contribution >= 0.6 is 0 Å². The number of ether oxygens (including phenoxy) is 1. The van der Waals surface area contributed by atoms with Crippen LogP contribution in [0.3, 0.4) is 0 Å². The number of nitrogens with zero attached hydrogens (tertiary/aromatic N) is 2. The maximum Gasteiger partial charge on any atom is 0.333 e. The fourth-order valence-electron chi connectivity index (χ4n) is 2.86. The quantitative estimate of drug-likeness (QED) is 0.494. The minimum Gasteiger partial charge on any atom is -0.456 e. The summed E-state index contributed by atoms with van der Waals surface area (Å²) >= 11 is 0. The molecule has 0 amide bonds. The van der Waals surface area contributed by atoms with Gasteiger partial charge in [-0.2, -0.15) is 0 Å². The molecule has 0 N–H and O–H groups in total. The molecule has 0 fully saturated rings. The maximum absolute atomic E-state index is 11.8. The summed E-state index contributed by atoms with van der Waals surface area (Å²) in [7, 11) is 2.00. The molecule has 3 aromatic rings. The van der Waals surface area contributed by atoms with Crippen molar-refractivity contribution in [3.8, 4) is 11.3 Å². The number of carbonyl (C=O) groups is 1. The maximum atomic E-state index is 11.8. The van der Waals surface area contributed by atoms with Crippen LogP contribution in [0.15, 0.2) is 72.8 Å². The monoisotopic (exact) mass is 346 g/mol. The molecular weight excluding hydrogens is 324 g/mol. The van der Waals surface area contributed by atoms with E-state index in [4.69, 9.17) is 9.72 Å². The van der Waals surface area contributed by atoms with Gasteiger partial charge < -0.3 is 9.30 Å². The van der Waals surface area contributed by atoms with Crippen LogP contribution in [-0.4, -0.2) is 15.5 Å². The normalized spacial score (nSPS) is 10.5. The van der Waals surface area contributed by atoms with Crippen molar-refractivity contribution in [2.24, 2.45) is 7.05 Å². The van der Waals surface area contributed by atoms with E-state index in [1.54, 1.807) is 6.92 Å². The van der Waals surface area contributed by atoms with Gasteiger partial charge in [0.15, 0.2) is 0 Å². The second-order valence-corrected chi connectivity index (χ2v) is 6.27. The van der Waals surface area contributed by atoms with Gasteiger partial charge >= 0.3 is 5.97 Å². The Hall–Kier alpha value is -3.14. The van der Waals surface area contributed by atoms with Crippen molar-refractivity contribution < 1.29 is 9.53 Å². The van der Waals surface area contributed by atoms with Crippen molar-refractivity contribution in [3.05, 3.63) is 89.9 Å². The topological polar surface area (TPSA) is 44.1 Å². The second-order valence-electron chi connectivity index (χ2n) is 6.27. The first-order valence-electron chi connectivity index (χ1n) is 8.52. The lowest BCUT2D eigenvalue weighted by atomic mass is 10.1. The van der Waals surface area contributed by atoms with Gasteiger partial charge in [0.25, 0.3) is 0 Å². The molecular formula is C22H22N2O2. The lowest BCUT2D eigenvalue weighted by Gasteiger charge is -2.08. The van der Waals surface area contributed by atoms with Crippen molar-refractivity contribution in [1.82, 2.24) is 9.55 Å². The average Bonchev–Trinajstić information content (AvgIpc) is 2.96. The molecule has 0 aliphatic heterocycles. The Morgan fingerprint density at radius 1 is 1.08 bits per heavy atom. The predicted octanol–water partition coefficient (Wildman–Crippen LogP) is 4.30. The first kappa shape index (κ1) is 17.7. The van der Waals surface area contributed by atoms with Crippen LogP contribution in [0.4, 0.5) is 0 Å². The Labute approximate surface area is 153 Å². The van der Waals surface area contributed by atoms with Crippen LogP contribution in [0.2, 0.25) is 0 Å². The van der Waals surface area contributed by atoms with Crippen molar-refractivity contribution in [2.45, 2.75) is 20.0 Å². The van der Waals surface area contributed by atoms with E-state index in [9.17, 15) is 4.79 Å².